The van der Waals surface area contributed by atoms with Crippen LogP contribution in [0.25, 0.3) is 0 Å². The normalized spacial score (nSPS) is 19.9. The van der Waals surface area contributed by atoms with Gasteiger partial charge in [-0.1, -0.05) is 12.1 Å². The van der Waals surface area contributed by atoms with E-state index in [2.05, 4.69) is 5.32 Å². The number of aryl methyl sites for hydroxylation is 1. The number of esters is 1. The third-order valence-corrected chi connectivity index (χ3v) is 3.83. The molecule has 0 unspecified atom stereocenters. The Morgan fingerprint density at radius 3 is 2.79 bits per heavy atom. The summed E-state index contributed by atoms with van der Waals surface area (Å²) in [6, 6.07) is 5.70. The topological polar surface area (TPSA) is 64.6 Å². The first-order valence-corrected chi connectivity index (χ1v) is 6.25. The maximum absolute atomic E-state index is 12.0. The van der Waals surface area contributed by atoms with Crippen molar-refractivity contribution >= 4 is 17.6 Å². The summed E-state index contributed by atoms with van der Waals surface area (Å²) in [5.74, 6) is -0.228. The van der Waals surface area contributed by atoms with Gasteiger partial charge in [0, 0.05) is 12.1 Å². The van der Waals surface area contributed by atoms with Crippen molar-refractivity contribution in [2.75, 3.05) is 25.6 Å². The van der Waals surface area contributed by atoms with Crippen molar-refractivity contribution in [1.29, 1.82) is 0 Å². The molecule has 3 rings (SSSR count). The summed E-state index contributed by atoms with van der Waals surface area (Å²) in [6.45, 7) is 0.704. The van der Waals surface area contributed by atoms with Gasteiger partial charge in [-0.2, -0.15) is 0 Å². The van der Waals surface area contributed by atoms with Crippen LogP contribution in [0.4, 0.5) is 5.69 Å². The molecule has 0 aromatic heterocycles. The van der Waals surface area contributed by atoms with E-state index in [1.807, 2.05) is 18.2 Å². The van der Waals surface area contributed by atoms with E-state index in [4.69, 9.17) is 9.47 Å². The number of carbonyl (C=O) groups excluding carboxylic acids is 2. The van der Waals surface area contributed by atoms with E-state index < -0.39 is 5.41 Å². The zero-order valence-corrected chi connectivity index (χ0v) is 10.7. The van der Waals surface area contributed by atoms with Gasteiger partial charge in [-0.25, -0.2) is 0 Å². The van der Waals surface area contributed by atoms with Crippen molar-refractivity contribution in [3.8, 4) is 0 Å². The third kappa shape index (κ3) is 1.81. The average molecular weight is 261 g/mol. The molecular formula is C14H15NO4. The summed E-state index contributed by atoms with van der Waals surface area (Å²) in [7, 11) is 1.39. The lowest BCUT2D eigenvalue weighted by Gasteiger charge is -2.39. The van der Waals surface area contributed by atoms with E-state index in [1.54, 1.807) is 0 Å². The predicted octanol–water partition coefficient (Wildman–Crippen LogP) is 1.01. The molecule has 0 spiro atoms. The molecule has 19 heavy (non-hydrogen) atoms. The lowest BCUT2D eigenvalue weighted by atomic mass is 9.77. The number of hydrogen-bond acceptors (Lipinski definition) is 4. The van der Waals surface area contributed by atoms with Crippen molar-refractivity contribution < 1.29 is 19.1 Å². The minimum absolute atomic E-state index is 0.0370. The van der Waals surface area contributed by atoms with Crippen LogP contribution >= 0.6 is 0 Å². The largest absolute Gasteiger partial charge is 0.468 e. The molecule has 1 N–H and O–H groups in total. The summed E-state index contributed by atoms with van der Waals surface area (Å²) in [6.07, 6.45) is 1.19. The minimum Gasteiger partial charge on any atom is -0.468 e. The fraction of sp³-hybridized carbons (Fsp3) is 0.429. The van der Waals surface area contributed by atoms with E-state index in [0.717, 1.165) is 16.8 Å². The van der Waals surface area contributed by atoms with Crippen LogP contribution < -0.4 is 5.32 Å². The summed E-state index contributed by atoms with van der Waals surface area (Å²) < 4.78 is 10.1. The average Bonchev–Trinajstić information content (AvgIpc) is 2.37. The Hall–Kier alpha value is -1.88. The molecule has 0 atom stereocenters. The van der Waals surface area contributed by atoms with Crippen LogP contribution in [0.2, 0.25) is 0 Å². The second-order valence-corrected chi connectivity index (χ2v) is 4.99. The minimum atomic E-state index is -0.675. The zero-order chi connectivity index (χ0) is 13.5. The highest BCUT2D eigenvalue weighted by Gasteiger charge is 2.49. The van der Waals surface area contributed by atoms with Crippen molar-refractivity contribution in [3.63, 3.8) is 0 Å². The molecule has 5 heteroatoms. The maximum atomic E-state index is 12.0. The number of fused-ring (bicyclic) bond motifs is 1. The highest BCUT2D eigenvalue weighted by Crippen LogP contribution is 2.36. The Kier molecular flexibility index (Phi) is 2.78. The van der Waals surface area contributed by atoms with Crippen LogP contribution in [0.3, 0.4) is 0 Å². The fourth-order valence-electron chi connectivity index (χ4n) is 2.58. The molecule has 2 aliphatic heterocycles. The molecular weight excluding hydrogens is 246 g/mol. The fourth-order valence-corrected chi connectivity index (χ4v) is 2.58. The molecule has 2 heterocycles. The lowest BCUT2D eigenvalue weighted by Crippen LogP contribution is -2.53. The zero-order valence-electron chi connectivity index (χ0n) is 10.7. The van der Waals surface area contributed by atoms with E-state index in [1.165, 1.54) is 7.11 Å². The van der Waals surface area contributed by atoms with E-state index in [9.17, 15) is 9.59 Å². The maximum Gasteiger partial charge on any atom is 0.321 e. The number of nitrogens with one attached hydrogen (secondary N) is 1. The number of methoxy groups -OCH3 is 1. The van der Waals surface area contributed by atoms with Gasteiger partial charge in [-0.05, 0) is 23.6 Å². The summed E-state index contributed by atoms with van der Waals surface area (Å²) in [5, 5.41) is 2.83. The van der Waals surface area contributed by atoms with Gasteiger partial charge in [0.25, 0.3) is 0 Å². The Morgan fingerprint density at radius 1 is 1.37 bits per heavy atom. The second-order valence-electron chi connectivity index (χ2n) is 4.99. The smallest absolute Gasteiger partial charge is 0.321 e. The van der Waals surface area contributed by atoms with Gasteiger partial charge < -0.3 is 14.8 Å². The molecule has 5 nitrogen and oxygen atoms in total. The molecule has 1 aromatic rings. The molecule has 1 fully saturated rings. The SMILES string of the molecule is COC(=O)C1(c2ccc3c(c2)CCC(=O)N3)COC1. The number of amides is 1. The first-order valence-electron chi connectivity index (χ1n) is 6.25. The molecule has 100 valence electrons. The highest BCUT2D eigenvalue weighted by molar-refractivity contribution is 5.94. The summed E-state index contributed by atoms with van der Waals surface area (Å²) in [4.78, 5) is 23.3. The van der Waals surface area contributed by atoms with E-state index in [-0.39, 0.29) is 11.9 Å². The van der Waals surface area contributed by atoms with Gasteiger partial charge in [-0.15, -0.1) is 0 Å². The van der Waals surface area contributed by atoms with Crippen LogP contribution in [0.5, 0.6) is 0 Å². The van der Waals surface area contributed by atoms with E-state index in [0.29, 0.717) is 26.1 Å². The van der Waals surface area contributed by atoms with Crippen LogP contribution in [0.15, 0.2) is 18.2 Å². The van der Waals surface area contributed by atoms with Gasteiger partial charge in [0.2, 0.25) is 5.91 Å². The number of anilines is 1. The van der Waals surface area contributed by atoms with Crippen LogP contribution in [0.1, 0.15) is 17.5 Å². The molecule has 2 aliphatic rings. The quantitative estimate of drug-likeness (QED) is 0.807. The van der Waals surface area contributed by atoms with Gasteiger partial charge >= 0.3 is 5.97 Å². The number of rotatable bonds is 2. The Bertz CT molecular complexity index is 548. The Labute approximate surface area is 110 Å². The number of ether oxygens (including phenoxy) is 2. The molecule has 1 aromatic carbocycles. The molecule has 1 saturated heterocycles. The molecule has 0 saturated carbocycles. The van der Waals surface area contributed by atoms with Gasteiger partial charge in [-0.3, -0.25) is 9.59 Å². The number of benzene rings is 1. The Morgan fingerprint density at radius 2 is 2.16 bits per heavy atom. The standard InChI is InChI=1S/C14H15NO4/c1-18-13(17)14(7-19-8-14)10-3-4-11-9(6-10)2-5-12(16)15-11/h3-4,6H,2,5,7-8H2,1H3,(H,15,16). The van der Waals surface area contributed by atoms with Gasteiger partial charge in [0.15, 0.2) is 0 Å². The first-order chi connectivity index (χ1) is 9.15. The summed E-state index contributed by atoms with van der Waals surface area (Å²) in [5.41, 5.74) is 2.12. The van der Waals surface area contributed by atoms with Crippen LogP contribution in [-0.2, 0) is 30.9 Å². The molecule has 0 bridgehead atoms. The van der Waals surface area contributed by atoms with Crippen molar-refractivity contribution in [3.05, 3.63) is 29.3 Å². The third-order valence-electron chi connectivity index (χ3n) is 3.83. The molecule has 0 radical (unpaired) electrons. The number of hydrogen-bond donors (Lipinski definition) is 1. The Balaban J connectivity index is 1.98. The van der Waals surface area contributed by atoms with Crippen molar-refractivity contribution in [1.82, 2.24) is 0 Å². The second kappa shape index (κ2) is 4.35. The van der Waals surface area contributed by atoms with E-state index >= 15 is 0 Å². The predicted molar refractivity (Wildman–Crippen MR) is 67.9 cm³/mol. The monoisotopic (exact) mass is 261 g/mol. The first kappa shape index (κ1) is 12.2. The van der Waals surface area contributed by atoms with Gasteiger partial charge in [0.05, 0.1) is 20.3 Å². The van der Waals surface area contributed by atoms with Crippen molar-refractivity contribution in [2.24, 2.45) is 0 Å². The number of carbonyl (C=O) groups is 2. The summed E-state index contributed by atoms with van der Waals surface area (Å²) >= 11 is 0. The molecule has 1 amide bonds. The lowest BCUT2D eigenvalue weighted by molar-refractivity contribution is -0.166. The van der Waals surface area contributed by atoms with Crippen LogP contribution in [0, 0.1) is 0 Å². The highest BCUT2D eigenvalue weighted by atomic mass is 16.5. The van der Waals surface area contributed by atoms with Crippen molar-refractivity contribution in [2.45, 2.75) is 18.3 Å². The van der Waals surface area contributed by atoms with Crippen LogP contribution in [-0.4, -0.2) is 32.2 Å². The van der Waals surface area contributed by atoms with Gasteiger partial charge in [0.1, 0.15) is 5.41 Å². The molecule has 0 aliphatic carbocycles.